The van der Waals surface area contributed by atoms with Crippen LogP contribution in [0.15, 0.2) is 47.3 Å². The van der Waals surface area contributed by atoms with Crippen molar-refractivity contribution >= 4 is 28.4 Å². The summed E-state index contributed by atoms with van der Waals surface area (Å²) in [5.41, 5.74) is 2.14. The second-order valence-electron chi connectivity index (χ2n) is 7.69. The number of hydrogen-bond donors (Lipinski definition) is 0. The van der Waals surface area contributed by atoms with Gasteiger partial charge in [0.2, 0.25) is 5.91 Å². The number of carbonyl (C=O) groups excluding carboxylic acids is 2. The number of imidazole rings is 1. The largest absolute Gasteiger partial charge is 0.366 e. The highest BCUT2D eigenvalue weighted by molar-refractivity contribution is 5.94. The number of aromatic nitrogens is 2. The molecule has 0 spiro atoms. The fourth-order valence-corrected chi connectivity index (χ4v) is 4.15. The first-order valence-corrected chi connectivity index (χ1v) is 10.4. The number of fused-ring (bicyclic) bond motifs is 1. The van der Waals surface area contributed by atoms with E-state index >= 15 is 0 Å². The van der Waals surface area contributed by atoms with Crippen LogP contribution in [0, 0.1) is 5.82 Å². The number of carbonyl (C=O) groups is 2. The van der Waals surface area contributed by atoms with E-state index in [1.165, 1.54) is 17.6 Å². The molecule has 4 rings (SSSR count). The normalized spacial score (nSPS) is 14.3. The molecule has 1 saturated heterocycles. The highest BCUT2D eigenvalue weighted by Crippen LogP contribution is 2.22. The minimum absolute atomic E-state index is 0.0198. The number of para-hydroxylation sites is 2. The highest BCUT2D eigenvalue weighted by atomic mass is 19.1. The maximum absolute atomic E-state index is 14.5. The number of aryl methyl sites for hydroxylation is 1. The molecule has 2 aromatic carbocycles. The van der Waals surface area contributed by atoms with Gasteiger partial charge in [-0.05, 0) is 44.2 Å². The van der Waals surface area contributed by atoms with Crippen LogP contribution < -0.4 is 10.6 Å². The van der Waals surface area contributed by atoms with Gasteiger partial charge in [0, 0.05) is 38.3 Å². The van der Waals surface area contributed by atoms with Crippen LogP contribution in [0.5, 0.6) is 0 Å². The van der Waals surface area contributed by atoms with Crippen LogP contribution in [0.2, 0.25) is 0 Å². The number of amides is 1. The molecule has 0 aliphatic carbocycles. The molecule has 0 atom stereocenters. The van der Waals surface area contributed by atoms with Crippen molar-refractivity contribution in [3.63, 3.8) is 0 Å². The summed E-state index contributed by atoms with van der Waals surface area (Å²) >= 11 is 0. The standard InChI is InChI=1S/C23H25FN4O3/c1-3-27-20-6-4-5-7-21(20)28(23(27)31)15-22(30)26-12-10-25(11-13-26)19-9-8-17(16(2)29)14-18(19)24/h4-9,14H,3,10-13,15H2,1-2H3. The molecule has 8 heteroatoms. The van der Waals surface area contributed by atoms with Crippen molar-refractivity contribution in [1.82, 2.24) is 14.0 Å². The maximum Gasteiger partial charge on any atom is 0.329 e. The summed E-state index contributed by atoms with van der Waals surface area (Å²) in [6, 6.07) is 11.9. The quantitative estimate of drug-likeness (QED) is 0.591. The van der Waals surface area contributed by atoms with Gasteiger partial charge in [0.1, 0.15) is 12.4 Å². The Hall–Kier alpha value is -3.42. The maximum atomic E-state index is 14.5. The third kappa shape index (κ3) is 3.85. The second-order valence-corrected chi connectivity index (χ2v) is 7.69. The average molecular weight is 424 g/mol. The van der Waals surface area contributed by atoms with Gasteiger partial charge in [-0.25, -0.2) is 9.18 Å². The van der Waals surface area contributed by atoms with Crippen molar-refractivity contribution in [2.45, 2.75) is 26.9 Å². The van der Waals surface area contributed by atoms with Crippen molar-refractivity contribution in [1.29, 1.82) is 0 Å². The van der Waals surface area contributed by atoms with Gasteiger partial charge in [-0.15, -0.1) is 0 Å². The number of benzene rings is 2. The molecule has 1 amide bonds. The van der Waals surface area contributed by atoms with E-state index in [-0.39, 0.29) is 23.9 Å². The molecule has 0 bridgehead atoms. The summed E-state index contributed by atoms with van der Waals surface area (Å²) in [6.45, 7) is 5.66. The lowest BCUT2D eigenvalue weighted by Crippen LogP contribution is -2.50. The predicted octanol–water partition coefficient (Wildman–Crippen LogP) is 2.51. The van der Waals surface area contributed by atoms with Crippen molar-refractivity contribution < 1.29 is 14.0 Å². The first-order chi connectivity index (χ1) is 14.9. The predicted molar refractivity (Wildman–Crippen MR) is 117 cm³/mol. The van der Waals surface area contributed by atoms with E-state index in [4.69, 9.17) is 0 Å². The number of Topliss-reactive ketones (excluding diaryl/α,β-unsaturated/α-hetero) is 1. The molecule has 1 aliphatic rings. The van der Waals surface area contributed by atoms with Gasteiger partial charge < -0.3 is 9.80 Å². The first kappa shape index (κ1) is 20.8. The number of anilines is 1. The summed E-state index contributed by atoms with van der Waals surface area (Å²) in [6.07, 6.45) is 0. The van der Waals surface area contributed by atoms with E-state index in [0.717, 1.165) is 11.0 Å². The number of ketones is 1. The van der Waals surface area contributed by atoms with E-state index < -0.39 is 5.82 Å². The van der Waals surface area contributed by atoms with E-state index in [9.17, 15) is 18.8 Å². The average Bonchev–Trinajstić information content (AvgIpc) is 3.04. The number of hydrogen-bond acceptors (Lipinski definition) is 4. The monoisotopic (exact) mass is 424 g/mol. The molecule has 7 nitrogen and oxygen atoms in total. The molecule has 3 aromatic rings. The minimum Gasteiger partial charge on any atom is -0.366 e. The highest BCUT2D eigenvalue weighted by Gasteiger charge is 2.24. The molecule has 1 fully saturated rings. The third-order valence-corrected chi connectivity index (χ3v) is 5.86. The molecule has 1 aliphatic heterocycles. The Morgan fingerprint density at radius 2 is 1.61 bits per heavy atom. The fourth-order valence-electron chi connectivity index (χ4n) is 4.15. The van der Waals surface area contributed by atoms with Crippen LogP contribution in [0.4, 0.5) is 10.1 Å². The first-order valence-electron chi connectivity index (χ1n) is 10.4. The summed E-state index contributed by atoms with van der Waals surface area (Å²) in [7, 11) is 0. The minimum atomic E-state index is -0.439. The zero-order valence-electron chi connectivity index (χ0n) is 17.7. The molecule has 1 aromatic heterocycles. The summed E-state index contributed by atoms with van der Waals surface area (Å²) in [4.78, 5) is 40.7. The molecular formula is C23H25FN4O3. The van der Waals surface area contributed by atoms with Crippen LogP contribution in [-0.2, 0) is 17.9 Å². The van der Waals surface area contributed by atoms with E-state index in [1.54, 1.807) is 21.6 Å². The lowest BCUT2D eigenvalue weighted by molar-refractivity contribution is -0.132. The van der Waals surface area contributed by atoms with Gasteiger partial charge in [0.05, 0.1) is 16.7 Å². The van der Waals surface area contributed by atoms with Crippen molar-refractivity contribution in [3.8, 4) is 0 Å². The van der Waals surface area contributed by atoms with Gasteiger partial charge >= 0.3 is 5.69 Å². The molecular weight excluding hydrogens is 399 g/mol. The smallest absolute Gasteiger partial charge is 0.329 e. The van der Waals surface area contributed by atoms with E-state index in [2.05, 4.69) is 0 Å². The summed E-state index contributed by atoms with van der Waals surface area (Å²) < 4.78 is 17.6. The second kappa shape index (κ2) is 8.37. The van der Waals surface area contributed by atoms with Crippen molar-refractivity contribution in [2.24, 2.45) is 0 Å². The van der Waals surface area contributed by atoms with Crippen molar-refractivity contribution in [3.05, 3.63) is 64.3 Å². The number of halogens is 1. The molecule has 2 heterocycles. The van der Waals surface area contributed by atoms with E-state index in [1.807, 2.05) is 36.1 Å². The molecule has 31 heavy (non-hydrogen) atoms. The Labute approximate surface area is 179 Å². The Morgan fingerprint density at radius 1 is 0.968 bits per heavy atom. The van der Waals surface area contributed by atoms with Crippen LogP contribution >= 0.6 is 0 Å². The van der Waals surface area contributed by atoms with Gasteiger partial charge in [-0.1, -0.05) is 12.1 Å². The number of nitrogens with zero attached hydrogens (tertiary/aromatic N) is 4. The topological polar surface area (TPSA) is 67.6 Å². The lowest BCUT2D eigenvalue weighted by Gasteiger charge is -2.36. The zero-order chi connectivity index (χ0) is 22.1. The van der Waals surface area contributed by atoms with Crippen LogP contribution in [-0.4, -0.2) is 51.9 Å². The van der Waals surface area contributed by atoms with Crippen molar-refractivity contribution in [2.75, 3.05) is 31.1 Å². The molecule has 0 unspecified atom stereocenters. The van der Waals surface area contributed by atoms with Gasteiger partial charge in [-0.3, -0.25) is 18.7 Å². The van der Waals surface area contributed by atoms with Gasteiger partial charge in [0.25, 0.3) is 0 Å². The van der Waals surface area contributed by atoms with Crippen LogP contribution in [0.3, 0.4) is 0 Å². The third-order valence-electron chi connectivity index (χ3n) is 5.86. The van der Waals surface area contributed by atoms with E-state index in [0.29, 0.717) is 44.0 Å². The van der Waals surface area contributed by atoms with Gasteiger partial charge in [0.15, 0.2) is 5.78 Å². The SMILES string of the molecule is CCn1c(=O)n(CC(=O)N2CCN(c3ccc(C(C)=O)cc3F)CC2)c2ccccc21. The Kier molecular flexibility index (Phi) is 5.63. The van der Waals surface area contributed by atoms with Crippen LogP contribution in [0.25, 0.3) is 11.0 Å². The Balaban J connectivity index is 1.46. The zero-order valence-corrected chi connectivity index (χ0v) is 17.7. The van der Waals surface area contributed by atoms with Crippen LogP contribution in [0.1, 0.15) is 24.2 Å². The number of piperazine rings is 1. The van der Waals surface area contributed by atoms with Gasteiger partial charge in [-0.2, -0.15) is 0 Å². The summed E-state index contributed by atoms with van der Waals surface area (Å²) in [5.74, 6) is -0.750. The Morgan fingerprint density at radius 3 is 2.19 bits per heavy atom. The molecule has 162 valence electrons. The molecule has 0 saturated carbocycles. The fraction of sp³-hybridized carbons (Fsp3) is 0.348. The Bertz CT molecular complexity index is 1210. The number of rotatable bonds is 5. The molecule has 0 radical (unpaired) electrons. The molecule has 0 N–H and O–H groups in total. The summed E-state index contributed by atoms with van der Waals surface area (Å²) in [5, 5.41) is 0. The lowest BCUT2D eigenvalue weighted by atomic mass is 10.1.